The largest absolute Gasteiger partial charge is 0.505 e. The standard InChI is InChI=1S/C36H26N4O12S2/c41-31-27-17-25(53(47,48)49)13-5-19(27)7-15-29(31)39-33(43)21-1-9-23(10-2-21)37-35(45)36(46)38-24-11-3-22(4-12-24)34(44)40-30-16-8-20-6-14-26(54(50,51)52)18-28(20)32(30)42/h1-18,41-42H,(H,37,45)(H,38,46)(H,39,43)(H,40,44)(H,47,48,49)(H,50,51,52). The van der Waals surface area contributed by atoms with E-state index in [1.807, 2.05) is 0 Å². The van der Waals surface area contributed by atoms with Crippen LogP contribution in [0.2, 0.25) is 0 Å². The van der Waals surface area contributed by atoms with Gasteiger partial charge in [0.15, 0.2) is 0 Å². The smallest absolute Gasteiger partial charge is 0.314 e. The minimum atomic E-state index is -4.54. The Bertz CT molecular complexity index is 2560. The number of fused-ring (bicyclic) bond motifs is 2. The number of hydrogen-bond acceptors (Lipinski definition) is 10. The Morgan fingerprint density at radius 2 is 0.778 bits per heavy atom. The second-order valence-electron chi connectivity index (χ2n) is 11.6. The Morgan fingerprint density at radius 1 is 0.444 bits per heavy atom. The average molecular weight is 771 g/mol. The molecule has 0 aliphatic rings. The van der Waals surface area contributed by atoms with Gasteiger partial charge in [0, 0.05) is 33.3 Å². The molecule has 16 nitrogen and oxygen atoms in total. The van der Waals surface area contributed by atoms with Gasteiger partial charge in [0.2, 0.25) is 0 Å². The Hall–Kier alpha value is -6.86. The number of phenols is 2. The molecule has 0 bridgehead atoms. The first-order chi connectivity index (χ1) is 25.5. The number of hydrogen-bond donors (Lipinski definition) is 8. The molecule has 6 rings (SSSR count). The normalized spacial score (nSPS) is 11.5. The van der Waals surface area contributed by atoms with Gasteiger partial charge in [0.05, 0.1) is 21.2 Å². The predicted molar refractivity (Wildman–Crippen MR) is 197 cm³/mol. The molecule has 0 saturated carbocycles. The van der Waals surface area contributed by atoms with Crippen molar-refractivity contribution in [2.75, 3.05) is 21.3 Å². The van der Waals surface area contributed by atoms with Gasteiger partial charge >= 0.3 is 11.8 Å². The summed E-state index contributed by atoms with van der Waals surface area (Å²) < 4.78 is 64.7. The summed E-state index contributed by atoms with van der Waals surface area (Å²) in [6.45, 7) is 0. The van der Waals surface area contributed by atoms with Crippen molar-refractivity contribution in [2.45, 2.75) is 9.79 Å². The lowest BCUT2D eigenvalue weighted by atomic mass is 10.1. The highest BCUT2D eigenvalue weighted by atomic mass is 32.2. The Labute approximate surface area is 305 Å². The van der Waals surface area contributed by atoms with Gasteiger partial charge in [-0.25, -0.2) is 0 Å². The number of carbonyl (C=O) groups is 4. The van der Waals surface area contributed by atoms with Crippen LogP contribution < -0.4 is 21.3 Å². The number of phenolic OH excluding ortho intramolecular Hbond substituents is 2. The molecule has 54 heavy (non-hydrogen) atoms. The van der Waals surface area contributed by atoms with Gasteiger partial charge in [-0.1, -0.05) is 24.3 Å². The lowest BCUT2D eigenvalue weighted by Crippen LogP contribution is -2.29. The van der Waals surface area contributed by atoms with Crippen molar-refractivity contribution in [1.82, 2.24) is 0 Å². The molecule has 4 amide bonds. The van der Waals surface area contributed by atoms with E-state index in [-0.39, 0.29) is 44.6 Å². The van der Waals surface area contributed by atoms with Gasteiger partial charge in [-0.2, -0.15) is 16.8 Å². The maximum absolute atomic E-state index is 12.9. The summed E-state index contributed by atoms with van der Waals surface area (Å²) in [6, 6.07) is 23.9. The summed E-state index contributed by atoms with van der Waals surface area (Å²) in [6.07, 6.45) is 0. The Balaban J connectivity index is 1.05. The summed E-state index contributed by atoms with van der Waals surface area (Å²) in [5.74, 6) is -4.28. The molecule has 0 unspecified atom stereocenters. The molecule has 0 radical (unpaired) electrons. The van der Waals surface area contributed by atoms with E-state index in [9.17, 15) is 55.3 Å². The zero-order valence-electron chi connectivity index (χ0n) is 27.3. The molecule has 6 aromatic rings. The second kappa shape index (κ2) is 14.3. The monoisotopic (exact) mass is 770 g/mol. The third-order valence-electron chi connectivity index (χ3n) is 8.04. The van der Waals surface area contributed by atoms with E-state index in [0.29, 0.717) is 10.8 Å². The first-order valence-electron chi connectivity index (χ1n) is 15.4. The molecule has 0 aliphatic carbocycles. The summed E-state index contributed by atoms with van der Waals surface area (Å²) >= 11 is 0. The molecule has 0 spiro atoms. The fourth-order valence-electron chi connectivity index (χ4n) is 5.26. The molecule has 0 fully saturated rings. The number of aromatic hydroxyl groups is 2. The minimum absolute atomic E-state index is 0.0360. The van der Waals surface area contributed by atoms with E-state index in [2.05, 4.69) is 21.3 Å². The van der Waals surface area contributed by atoms with Crippen LogP contribution in [-0.4, -0.2) is 59.8 Å². The molecule has 0 heterocycles. The van der Waals surface area contributed by atoms with Gasteiger partial charge in [0.1, 0.15) is 11.5 Å². The average Bonchev–Trinajstić information content (AvgIpc) is 3.13. The van der Waals surface area contributed by atoms with Crippen LogP contribution in [-0.2, 0) is 29.8 Å². The van der Waals surface area contributed by atoms with Crippen LogP contribution >= 0.6 is 0 Å². The summed E-state index contributed by atoms with van der Waals surface area (Å²) in [5, 5.41) is 32.2. The van der Waals surface area contributed by atoms with Gasteiger partial charge in [0.25, 0.3) is 32.1 Å². The molecule has 6 aromatic carbocycles. The van der Waals surface area contributed by atoms with E-state index in [0.717, 1.165) is 12.1 Å². The molecule has 0 aromatic heterocycles. The van der Waals surface area contributed by atoms with E-state index in [1.54, 1.807) is 0 Å². The molecule has 18 heteroatoms. The fourth-order valence-corrected chi connectivity index (χ4v) is 6.28. The topological polar surface area (TPSA) is 266 Å². The first-order valence-corrected chi connectivity index (χ1v) is 18.3. The molecule has 0 saturated heterocycles. The first kappa shape index (κ1) is 36.9. The summed E-state index contributed by atoms with van der Waals surface area (Å²) in [4.78, 5) is 50.0. The summed E-state index contributed by atoms with van der Waals surface area (Å²) in [5.41, 5.74) is 0.467. The number of amides is 4. The fraction of sp³-hybridized carbons (Fsp3) is 0. The highest BCUT2D eigenvalue weighted by Crippen LogP contribution is 2.36. The van der Waals surface area contributed by atoms with Crippen LogP contribution in [0.15, 0.2) is 119 Å². The van der Waals surface area contributed by atoms with Crippen molar-refractivity contribution in [2.24, 2.45) is 0 Å². The van der Waals surface area contributed by atoms with Crippen LogP contribution in [0.4, 0.5) is 22.7 Å². The molecule has 0 atom stereocenters. The number of rotatable bonds is 8. The van der Waals surface area contributed by atoms with Gasteiger partial charge < -0.3 is 31.5 Å². The molecule has 8 N–H and O–H groups in total. The van der Waals surface area contributed by atoms with Crippen molar-refractivity contribution in [1.29, 1.82) is 0 Å². The van der Waals surface area contributed by atoms with E-state index >= 15 is 0 Å². The maximum Gasteiger partial charge on any atom is 0.314 e. The van der Waals surface area contributed by atoms with Crippen LogP contribution in [0.25, 0.3) is 21.5 Å². The highest BCUT2D eigenvalue weighted by Gasteiger charge is 2.19. The third kappa shape index (κ3) is 7.96. The van der Waals surface area contributed by atoms with Gasteiger partial charge in [-0.3, -0.25) is 28.3 Å². The molecule has 274 valence electrons. The van der Waals surface area contributed by atoms with E-state index in [1.165, 1.54) is 97.1 Å². The highest BCUT2D eigenvalue weighted by molar-refractivity contribution is 7.86. The second-order valence-corrected chi connectivity index (χ2v) is 14.5. The number of anilines is 4. The SMILES string of the molecule is O=C(Nc1ccc(C(=O)Nc2ccc3ccc(S(=O)(=O)O)cc3c2O)cc1)C(=O)Nc1ccc(C(=O)Nc2ccc3ccc(S(=O)(=O)O)cc3c2O)cc1. The van der Waals surface area contributed by atoms with Crippen LogP contribution in [0.5, 0.6) is 11.5 Å². The van der Waals surface area contributed by atoms with Gasteiger partial charge in [-0.05, 0) is 95.7 Å². The van der Waals surface area contributed by atoms with Gasteiger partial charge in [-0.15, -0.1) is 0 Å². The van der Waals surface area contributed by atoms with Crippen LogP contribution in [0.1, 0.15) is 20.7 Å². The van der Waals surface area contributed by atoms with Crippen molar-refractivity contribution in [3.05, 3.63) is 120 Å². The third-order valence-corrected chi connectivity index (χ3v) is 9.74. The van der Waals surface area contributed by atoms with Crippen molar-refractivity contribution in [3.63, 3.8) is 0 Å². The van der Waals surface area contributed by atoms with Crippen molar-refractivity contribution >= 4 is 88.2 Å². The minimum Gasteiger partial charge on any atom is -0.505 e. The van der Waals surface area contributed by atoms with E-state index in [4.69, 9.17) is 0 Å². The molecule has 0 aliphatic heterocycles. The summed E-state index contributed by atoms with van der Waals surface area (Å²) in [7, 11) is -9.07. The van der Waals surface area contributed by atoms with Crippen LogP contribution in [0.3, 0.4) is 0 Å². The van der Waals surface area contributed by atoms with Crippen molar-refractivity contribution < 1.29 is 55.3 Å². The quantitative estimate of drug-likeness (QED) is 0.0579. The van der Waals surface area contributed by atoms with E-state index < -0.39 is 65.2 Å². The number of carbonyl (C=O) groups excluding carboxylic acids is 4. The number of benzene rings is 6. The lowest BCUT2D eigenvalue weighted by Gasteiger charge is -2.12. The Morgan fingerprint density at radius 3 is 1.11 bits per heavy atom. The number of nitrogens with one attached hydrogen (secondary N) is 4. The molecular weight excluding hydrogens is 745 g/mol. The van der Waals surface area contributed by atoms with Crippen LogP contribution in [0, 0.1) is 0 Å². The predicted octanol–water partition coefficient (Wildman–Crippen LogP) is 4.98. The Kier molecular flexibility index (Phi) is 9.76. The maximum atomic E-state index is 12.9. The zero-order valence-corrected chi connectivity index (χ0v) is 28.9. The molecular formula is C36H26N4O12S2. The lowest BCUT2D eigenvalue weighted by molar-refractivity contribution is -0.132. The van der Waals surface area contributed by atoms with Crippen molar-refractivity contribution in [3.8, 4) is 11.5 Å². The zero-order chi connectivity index (χ0) is 38.9.